The Kier molecular flexibility index (Phi) is 4.39. The number of benzene rings is 1. The fourth-order valence-electron chi connectivity index (χ4n) is 3.34. The van der Waals surface area contributed by atoms with Crippen molar-refractivity contribution < 1.29 is 0 Å². The summed E-state index contributed by atoms with van der Waals surface area (Å²) in [6.45, 7) is 6.19. The number of anilines is 1. The number of nitrogens with zero attached hydrogens (tertiary/aromatic N) is 2. The van der Waals surface area contributed by atoms with E-state index in [4.69, 9.17) is 0 Å². The van der Waals surface area contributed by atoms with Crippen LogP contribution in [0.1, 0.15) is 44.1 Å². The third-order valence-electron chi connectivity index (χ3n) is 4.51. The molecule has 2 heteroatoms. The Balaban J connectivity index is 1.58. The molecule has 19 heavy (non-hydrogen) atoms. The maximum Gasteiger partial charge on any atom is 0.0366 e. The van der Waals surface area contributed by atoms with E-state index < -0.39 is 0 Å². The highest BCUT2D eigenvalue weighted by Crippen LogP contribution is 2.21. The van der Waals surface area contributed by atoms with Crippen molar-refractivity contribution in [3.63, 3.8) is 0 Å². The second-order valence-corrected chi connectivity index (χ2v) is 6.05. The van der Waals surface area contributed by atoms with Crippen LogP contribution in [0.3, 0.4) is 0 Å². The largest absolute Gasteiger partial charge is 0.372 e. The molecule has 2 fully saturated rings. The van der Waals surface area contributed by atoms with E-state index in [0.29, 0.717) is 0 Å². The molecule has 0 atom stereocenters. The van der Waals surface area contributed by atoms with Crippen LogP contribution in [0.4, 0.5) is 5.69 Å². The van der Waals surface area contributed by atoms with Gasteiger partial charge < -0.3 is 4.90 Å². The lowest BCUT2D eigenvalue weighted by Gasteiger charge is -2.29. The van der Waals surface area contributed by atoms with Gasteiger partial charge in [0.05, 0.1) is 0 Å². The average molecular weight is 258 g/mol. The van der Waals surface area contributed by atoms with Crippen molar-refractivity contribution in [1.82, 2.24) is 4.90 Å². The first-order valence-electron chi connectivity index (χ1n) is 7.98. The van der Waals surface area contributed by atoms with Crippen LogP contribution >= 0.6 is 0 Å². The van der Waals surface area contributed by atoms with Crippen LogP contribution in [0.25, 0.3) is 0 Å². The van der Waals surface area contributed by atoms with Gasteiger partial charge in [0, 0.05) is 25.3 Å². The number of likely N-dealkylation sites (tertiary alicyclic amines) is 1. The molecule has 2 aliphatic rings. The first kappa shape index (κ1) is 13.0. The highest BCUT2D eigenvalue weighted by molar-refractivity contribution is 5.47. The van der Waals surface area contributed by atoms with Gasteiger partial charge in [-0.2, -0.15) is 0 Å². The molecular formula is C17H26N2. The van der Waals surface area contributed by atoms with Gasteiger partial charge in [0.2, 0.25) is 0 Å². The Bertz CT molecular complexity index is 373. The molecule has 2 saturated heterocycles. The smallest absolute Gasteiger partial charge is 0.0366 e. The lowest BCUT2D eigenvalue weighted by molar-refractivity contribution is 0.221. The summed E-state index contributed by atoms with van der Waals surface area (Å²) in [6.07, 6.45) is 8.30. The van der Waals surface area contributed by atoms with Crippen LogP contribution in [0.15, 0.2) is 24.3 Å². The van der Waals surface area contributed by atoms with E-state index in [0.717, 1.165) is 6.54 Å². The van der Waals surface area contributed by atoms with E-state index in [1.165, 1.54) is 76.0 Å². The summed E-state index contributed by atoms with van der Waals surface area (Å²) >= 11 is 0. The third kappa shape index (κ3) is 3.50. The second-order valence-electron chi connectivity index (χ2n) is 6.05. The van der Waals surface area contributed by atoms with Crippen LogP contribution < -0.4 is 4.90 Å². The Labute approximate surface area is 117 Å². The molecule has 1 aromatic carbocycles. The molecule has 2 heterocycles. The maximum atomic E-state index is 2.60. The Morgan fingerprint density at radius 2 is 1.26 bits per heavy atom. The van der Waals surface area contributed by atoms with Gasteiger partial charge in [0.25, 0.3) is 0 Å². The molecule has 0 aliphatic carbocycles. The zero-order chi connectivity index (χ0) is 12.9. The minimum absolute atomic E-state index is 1.14. The van der Waals surface area contributed by atoms with Crippen LogP contribution in [0.2, 0.25) is 0 Å². The van der Waals surface area contributed by atoms with Gasteiger partial charge in [-0.3, -0.25) is 4.90 Å². The Hall–Kier alpha value is -1.02. The van der Waals surface area contributed by atoms with E-state index in [1.807, 2.05) is 0 Å². The molecule has 0 aromatic heterocycles. The van der Waals surface area contributed by atoms with E-state index in [1.54, 1.807) is 0 Å². The van der Waals surface area contributed by atoms with Crippen molar-refractivity contribution in [2.45, 2.75) is 45.1 Å². The van der Waals surface area contributed by atoms with Crippen LogP contribution in [-0.4, -0.2) is 31.1 Å². The van der Waals surface area contributed by atoms with Gasteiger partial charge in [-0.15, -0.1) is 0 Å². The van der Waals surface area contributed by atoms with Crippen molar-refractivity contribution in [2.24, 2.45) is 0 Å². The van der Waals surface area contributed by atoms with Gasteiger partial charge in [-0.05, 0) is 62.9 Å². The van der Waals surface area contributed by atoms with E-state index in [2.05, 4.69) is 34.1 Å². The van der Waals surface area contributed by atoms with Crippen LogP contribution in [-0.2, 0) is 6.54 Å². The third-order valence-corrected chi connectivity index (χ3v) is 4.51. The maximum absolute atomic E-state index is 2.60. The van der Waals surface area contributed by atoms with Gasteiger partial charge in [0.15, 0.2) is 0 Å². The standard InChI is InChI=1S/C17H26N2/c1-3-11-18(12-4-1)15-16-7-9-17(10-8-16)19-13-5-2-6-14-19/h7-10H,1-6,11-15H2. The Morgan fingerprint density at radius 3 is 1.89 bits per heavy atom. The van der Waals surface area contributed by atoms with Crippen molar-refractivity contribution >= 4 is 5.69 Å². The highest BCUT2D eigenvalue weighted by Gasteiger charge is 2.12. The lowest BCUT2D eigenvalue weighted by Crippen LogP contribution is -2.30. The van der Waals surface area contributed by atoms with Crippen molar-refractivity contribution in [2.75, 3.05) is 31.1 Å². The summed E-state index contributed by atoms with van der Waals surface area (Å²) in [5.41, 5.74) is 2.89. The SMILES string of the molecule is c1cc(N2CCCCC2)ccc1CN1CCCCC1. The molecule has 0 N–H and O–H groups in total. The summed E-state index contributed by atoms with van der Waals surface area (Å²) in [4.78, 5) is 5.13. The predicted molar refractivity (Wildman–Crippen MR) is 81.6 cm³/mol. The molecule has 2 nitrogen and oxygen atoms in total. The fourth-order valence-corrected chi connectivity index (χ4v) is 3.34. The van der Waals surface area contributed by atoms with E-state index in [9.17, 15) is 0 Å². The fraction of sp³-hybridized carbons (Fsp3) is 0.647. The summed E-state index contributed by atoms with van der Waals surface area (Å²) in [7, 11) is 0. The van der Waals surface area contributed by atoms with Gasteiger partial charge in [-0.1, -0.05) is 18.6 Å². The molecular weight excluding hydrogens is 232 g/mol. The summed E-state index contributed by atoms with van der Waals surface area (Å²) in [6, 6.07) is 9.31. The number of hydrogen-bond acceptors (Lipinski definition) is 2. The van der Waals surface area contributed by atoms with Crippen molar-refractivity contribution in [1.29, 1.82) is 0 Å². The summed E-state index contributed by atoms with van der Waals surface area (Å²) in [5.74, 6) is 0. The minimum atomic E-state index is 1.14. The van der Waals surface area contributed by atoms with Gasteiger partial charge in [-0.25, -0.2) is 0 Å². The quantitative estimate of drug-likeness (QED) is 0.816. The molecule has 0 radical (unpaired) electrons. The number of rotatable bonds is 3. The first-order valence-corrected chi connectivity index (χ1v) is 7.98. The van der Waals surface area contributed by atoms with Crippen molar-refractivity contribution in [3.8, 4) is 0 Å². The second kappa shape index (κ2) is 6.42. The Morgan fingerprint density at radius 1 is 0.684 bits per heavy atom. The minimum Gasteiger partial charge on any atom is -0.372 e. The van der Waals surface area contributed by atoms with Gasteiger partial charge >= 0.3 is 0 Å². The lowest BCUT2D eigenvalue weighted by atomic mass is 10.1. The monoisotopic (exact) mass is 258 g/mol. The van der Waals surface area contributed by atoms with E-state index in [-0.39, 0.29) is 0 Å². The molecule has 0 spiro atoms. The van der Waals surface area contributed by atoms with Gasteiger partial charge in [0.1, 0.15) is 0 Å². The zero-order valence-electron chi connectivity index (χ0n) is 12.0. The normalized spacial score (nSPS) is 21.6. The molecule has 0 bridgehead atoms. The summed E-state index contributed by atoms with van der Waals surface area (Å²) < 4.78 is 0. The van der Waals surface area contributed by atoms with Crippen LogP contribution in [0, 0.1) is 0 Å². The van der Waals surface area contributed by atoms with E-state index >= 15 is 0 Å². The molecule has 0 saturated carbocycles. The summed E-state index contributed by atoms with van der Waals surface area (Å²) in [5, 5.41) is 0. The predicted octanol–water partition coefficient (Wildman–Crippen LogP) is 3.66. The topological polar surface area (TPSA) is 6.48 Å². The average Bonchev–Trinajstić information content (AvgIpc) is 2.50. The molecule has 104 valence electrons. The molecule has 0 unspecified atom stereocenters. The molecule has 1 aromatic rings. The van der Waals surface area contributed by atoms with Crippen molar-refractivity contribution in [3.05, 3.63) is 29.8 Å². The van der Waals surface area contributed by atoms with Crippen LogP contribution in [0.5, 0.6) is 0 Å². The molecule has 3 rings (SSSR count). The number of hydrogen-bond donors (Lipinski definition) is 0. The zero-order valence-corrected chi connectivity index (χ0v) is 12.0. The number of piperidine rings is 2. The first-order chi connectivity index (χ1) is 9.42. The molecule has 2 aliphatic heterocycles. The highest BCUT2D eigenvalue weighted by atomic mass is 15.1. The molecule has 0 amide bonds.